The zero-order valence-corrected chi connectivity index (χ0v) is 18.5. The van der Waals surface area contributed by atoms with Crippen LogP contribution in [0.5, 0.6) is 11.5 Å². The summed E-state index contributed by atoms with van der Waals surface area (Å²) in [6, 6.07) is 8.55. The van der Waals surface area contributed by atoms with E-state index in [9.17, 15) is 45.3 Å². The first-order valence-corrected chi connectivity index (χ1v) is 10.5. The number of hydrogen-bond acceptors (Lipinski definition) is 9. The lowest BCUT2D eigenvalue weighted by Crippen LogP contribution is -2.48. The number of para-hydroxylation sites is 2. The minimum Gasteiger partial charge on any atom is -0.507 e. The van der Waals surface area contributed by atoms with Gasteiger partial charge in [-0.05, 0) is 0 Å². The van der Waals surface area contributed by atoms with Crippen molar-refractivity contribution in [1.82, 2.24) is 9.80 Å². The summed E-state index contributed by atoms with van der Waals surface area (Å²) in [4.78, 5) is 25.8. The van der Waals surface area contributed by atoms with E-state index in [1.54, 1.807) is 24.3 Å². The van der Waals surface area contributed by atoms with Crippen LogP contribution in [0.4, 0.5) is 0 Å². The fourth-order valence-electron chi connectivity index (χ4n) is 3.71. The Morgan fingerprint density at radius 1 is 0.735 bits per heavy atom. The van der Waals surface area contributed by atoms with Crippen LogP contribution >= 0.6 is 0 Å². The average molecular weight is 478 g/mol. The molecule has 0 bridgehead atoms. The van der Waals surface area contributed by atoms with Gasteiger partial charge >= 0.3 is 11.9 Å². The van der Waals surface area contributed by atoms with Crippen molar-refractivity contribution in [2.75, 3.05) is 26.2 Å². The third-order valence-corrected chi connectivity index (χ3v) is 5.41. The van der Waals surface area contributed by atoms with Gasteiger partial charge in [0.25, 0.3) is 0 Å². The van der Waals surface area contributed by atoms with E-state index in [4.69, 9.17) is 0 Å². The van der Waals surface area contributed by atoms with Crippen LogP contribution in [0.15, 0.2) is 36.4 Å². The number of hydrogen-bond donors (Lipinski definition) is 7. The molecular weight excluding hydrogens is 448 g/mol. The molecule has 0 radical (unpaired) electrons. The molecular formula is C23H30N2O9. The number of aromatic hydroxyl groups is 2. The summed E-state index contributed by atoms with van der Waals surface area (Å²) in [5.74, 6) is -2.71. The predicted molar refractivity (Wildman–Crippen MR) is 120 cm³/mol. The van der Waals surface area contributed by atoms with Gasteiger partial charge in [0.2, 0.25) is 0 Å². The molecule has 2 rings (SSSR count). The lowest BCUT2D eigenvalue weighted by Gasteiger charge is -2.33. The molecule has 11 nitrogen and oxygen atoms in total. The highest BCUT2D eigenvalue weighted by molar-refractivity contribution is 5.69. The lowest BCUT2D eigenvalue weighted by atomic mass is 10.1. The molecule has 186 valence electrons. The van der Waals surface area contributed by atoms with Gasteiger partial charge in [0, 0.05) is 47.9 Å². The standard InChI is InChI=1S/C23H30N2O9/c26-12-17-5-1-3-15(22(17)33)7-24(10-20(29)30)9-19(14-28)25(11-21(31)32)8-16-4-2-6-18(13-27)23(16)34/h1-6,19,26-28,33-34H,7-14H2,(H,29,30)(H,31,32). The van der Waals surface area contributed by atoms with Crippen LogP contribution in [0.3, 0.4) is 0 Å². The van der Waals surface area contributed by atoms with Crippen LogP contribution in [-0.2, 0) is 35.9 Å². The molecule has 0 aliphatic rings. The van der Waals surface area contributed by atoms with E-state index in [0.717, 1.165) is 0 Å². The molecule has 0 amide bonds. The third-order valence-electron chi connectivity index (χ3n) is 5.41. The maximum Gasteiger partial charge on any atom is 0.317 e. The van der Waals surface area contributed by atoms with Crippen molar-refractivity contribution in [3.8, 4) is 11.5 Å². The van der Waals surface area contributed by atoms with Gasteiger partial charge in [-0.2, -0.15) is 0 Å². The molecule has 0 aliphatic heterocycles. The molecule has 2 aromatic carbocycles. The molecule has 0 saturated carbocycles. The van der Waals surface area contributed by atoms with Crippen LogP contribution in [0.25, 0.3) is 0 Å². The van der Waals surface area contributed by atoms with E-state index in [-0.39, 0.29) is 42.3 Å². The molecule has 0 saturated heterocycles. The van der Waals surface area contributed by atoms with Crippen molar-refractivity contribution >= 4 is 11.9 Å². The second kappa shape index (κ2) is 12.9. The van der Waals surface area contributed by atoms with Gasteiger partial charge in [-0.15, -0.1) is 0 Å². The molecule has 2 aromatic rings. The highest BCUT2D eigenvalue weighted by atomic mass is 16.4. The molecule has 1 unspecified atom stereocenters. The van der Waals surface area contributed by atoms with Gasteiger partial charge in [0.1, 0.15) is 11.5 Å². The fraction of sp³-hybridized carbons (Fsp3) is 0.391. The molecule has 7 N–H and O–H groups in total. The number of rotatable bonds is 14. The third kappa shape index (κ3) is 7.40. The molecule has 11 heteroatoms. The normalized spacial score (nSPS) is 12.3. The Morgan fingerprint density at radius 2 is 1.21 bits per heavy atom. The van der Waals surface area contributed by atoms with E-state index in [1.807, 2.05) is 0 Å². The summed E-state index contributed by atoms with van der Waals surface area (Å²) in [6.07, 6.45) is 0. The Balaban J connectivity index is 2.31. The topological polar surface area (TPSA) is 182 Å². The summed E-state index contributed by atoms with van der Waals surface area (Å²) in [6.45, 7) is -2.46. The number of benzene rings is 2. The van der Waals surface area contributed by atoms with Crippen LogP contribution in [-0.4, -0.2) is 89.8 Å². The number of aliphatic hydroxyl groups excluding tert-OH is 3. The second-order valence-corrected chi connectivity index (χ2v) is 7.86. The molecule has 1 atom stereocenters. The monoisotopic (exact) mass is 478 g/mol. The first-order chi connectivity index (χ1) is 16.2. The van der Waals surface area contributed by atoms with Gasteiger partial charge in [0.05, 0.1) is 32.9 Å². The summed E-state index contributed by atoms with van der Waals surface area (Å²) in [5.41, 5.74) is 1.24. The number of aliphatic carboxylic acids is 2. The molecule has 0 spiro atoms. The average Bonchev–Trinajstić information content (AvgIpc) is 2.78. The predicted octanol–water partition coefficient (Wildman–Crippen LogP) is -0.0833. The molecule has 0 fully saturated rings. The summed E-state index contributed by atoms with van der Waals surface area (Å²) >= 11 is 0. The van der Waals surface area contributed by atoms with E-state index < -0.39 is 50.9 Å². The van der Waals surface area contributed by atoms with Crippen molar-refractivity contribution in [3.05, 3.63) is 58.7 Å². The molecule has 0 heterocycles. The smallest absolute Gasteiger partial charge is 0.317 e. The van der Waals surface area contributed by atoms with Gasteiger partial charge in [-0.3, -0.25) is 19.4 Å². The van der Waals surface area contributed by atoms with Gasteiger partial charge in [-0.25, -0.2) is 0 Å². The fourth-order valence-corrected chi connectivity index (χ4v) is 3.71. The first-order valence-electron chi connectivity index (χ1n) is 10.5. The Hall–Kier alpha value is -3.22. The highest BCUT2D eigenvalue weighted by Gasteiger charge is 2.26. The largest absolute Gasteiger partial charge is 0.507 e. The van der Waals surface area contributed by atoms with E-state index in [0.29, 0.717) is 11.1 Å². The number of carboxylic acid groups (broad SMARTS) is 2. The first kappa shape index (κ1) is 27.0. The zero-order valence-electron chi connectivity index (χ0n) is 18.5. The van der Waals surface area contributed by atoms with Gasteiger partial charge in [0.15, 0.2) is 0 Å². The van der Waals surface area contributed by atoms with Crippen molar-refractivity contribution in [3.63, 3.8) is 0 Å². The van der Waals surface area contributed by atoms with E-state index in [2.05, 4.69) is 0 Å². The molecule has 0 aliphatic carbocycles. The van der Waals surface area contributed by atoms with E-state index in [1.165, 1.54) is 21.9 Å². The number of nitrogens with zero attached hydrogens (tertiary/aromatic N) is 2. The van der Waals surface area contributed by atoms with Crippen LogP contribution < -0.4 is 0 Å². The Kier molecular flexibility index (Phi) is 10.2. The Morgan fingerprint density at radius 3 is 1.65 bits per heavy atom. The van der Waals surface area contributed by atoms with Gasteiger partial charge < -0.3 is 35.7 Å². The number of phenols is 2. The Bertz CT molecular complexity index is 983. The summed E-state index contributed by atoms with van der Waals surface area (Å²) < 4.78 is 0. The van der Waals surface area contributed by atoms with Crippen molar-refractivity contribution < 1.29 is 45.3 Å². The van der Waals surface area contributed by atoms with Crippen LogP contribution in [0, 0.1) is 0 Å². The van der Waals surface area contributed by atoms with Gasteiger partial charge in [-0.1, -0.05) is 36.4 Å². The maximum absolute atomic E-state index is 11.5. The van der Waals surface area contributed by atoms with E-state index >= 15 is 0 Å². The van der Waals surface area contributed by atoms with Crippen molar-refractivity contribution in [2.24, 2.45) is 0 Å². The van der Waals surface area contributed by atoms with Crippen LogP contribution in [0.2, 0.25) is 0 Å². The number of carboxylic acids is 2. The lowest BCUT2D eigenvalue weighted by molar-refractivity contribution is -0.141. The zero-order chi connectivity index (χ0) is 25.3. The van der Waals surface area contributed by atoms with Crippen LogP contribution in [0.1, 0.15) is 22.3 Å². The maximum atomic E-state index is 11.5. The minimum absolute atomic E-state index is 0.0331. The van der Waals surface area contributed by atoms with Crippen molar-refractivity contribution in [1.29, 1.82) is 0 Å². The number of aliphatic hydroxyl groups is 3. The summed E-state index contributed by atoms with van der Waals surface area (Å²) in [7, 11) is 0. The quantitative estimate of drug-likeness (QED) is 0.193. The number of carbonyl (C=O) groups is 2. The molecule has 0 aromatic heterocycles. The SMILES string of the molecule is O=C(O)CN(Cc1cccc(CO)c1O)CC(CO)N(CC(=O)O)Cc1cccc(CO)c1O. The highest BCUT2D eigenvalue weighted by Crippen LogP contribution is 2.26. The van der Waals surface area contributed by atoms with Crippen molar-refractivity contribution in [2.45, 2.75) is 32.3 Å². The molecule has 34 heavy (non-hydrogen) atoms. The summed E-state index contributed by atoms with van der Waals surface area (Å²) in [5, 5.41) is 68.3. The minimum atomic E-state index is -1.19. The second-order valence-electron chi connectivity index (χ2n) is 7.86. The Labute approximate surface area is 196 Å².